The van der Waals surface area contributed by atoms with Gasteiger partial charge in [-0.1, -0.05) is 0 Å². The molecule has 0 aliphatic rings. The van der Waals surface area contributed by atoms with Crippen molar-refractivity contribution in [3.05, 3.63) is 45.2 Å². The van der Waals surface area contributed by atoms with Crippen LogP contribution in [0.1, 0.15) is 53.5 Å². The average molecular weight is 275 g/mol. The van der Waals surface area contributed by atoms with Crippen molar-refractivity contribution in [1.82, 2.24) is 15.3 Å². The summed E-state index contributed by atoms with van der Waals surface area (Å²) in [6, 6.07) is 2.68. The molecule has 2 aromatic rings. The molecule has 2 atom stereocenters. The van der Waals surface area contributed by atoms with Gasteiger partial charge in [0.25, 0.3) is 0 Å². The van der Waals surface area contributed by atoms with E-state index in [1.165, 1.54) is 11.1 Å². The lowest BCUT2D eigenvalue weighted by Gasteiger charge is -2.22. The summed E-state index contributed by atoms with van der Waals surface area (Å²) in [5, 5.41) is 6.75. The maximum atomic E-state index is 4.57. The van der Waals surface area contributed by atoms with Crippen LogP contribution in [-0.4, -0.2) is 9.97 Å². The minimum Gasteiger partial charge on any atom is -0.301 e. The van der Waals surface area contributed by atoms with Gasteiger partial charge in [0.15, 0.2) is 0 Å². The molecule has 19 heavy (non-hydrogen) atoms. The molecule has 0 amide bonds. The van der Waals surface area contributed by atoms with E-state index in [9.17, 15) is 0 Å². The van der Waals surface area contributed by atoms with Crippen molar-refractivity contribution >= 4 is 11.3 Å². The van der Waals surface area contributed by atoms with E-state index < -0.39 is 0 Å². The van der Waals surface area contributed by atoms with Crippen LogP contribution in [-0.2, 0) is 0 Å². The lowest BCUT2D eigenvalue weighted by molar-refractivity contribution is 0.488. The van der Waals surface area contributed by atoms with Gasteiger partial charge in [-0.2, -0.15) is 0 Å². The molecule has 2 heterocycles. The number of nitrogens with one attached hydrogen (secondary N) is 1. The number of pyridine rings is 1. The van der Waals surface area contributed by atoms with Crippen LogP contribution in [0.2, 0.25) is 0 Å². The Balaban J connectivity index is 2.18. The summed E-state index contributed by atoms with van der Waals surface area (Å²) >= 11 is 1.69. The molecule has 0 aliphatic carbocycles. The van der Waals surface area contributed by atoms with Crippen molar-refractivity contribution in [1.29, 1.82) is 0 Å². The molecular formula is C15H21N3S. The summed E-state index contributed by atoms with van der Waals surface area (Å²) in [4.78, 5) is 8.93. The van der Waals surface area contributed by atoms with Gasteiger partial charge in [-0.05, 0) is 51.8 Å². The Bertz CT molecular complexity index is 526. The largest absolute Gasteiger partial charge is 0.301 e. The van der Waals surface area contributed by atoms with Gasteiger partial charge in [-0.15, -0.1) is 11.3 Å². The lowest BCUT2D eigenvalue weighted by atomic mass is 10.00. The van der Waals surface area contributed by atoms with Crippen LogP contribution in [0.15, 0.2) is 17.6 Å². The monoisotopic (exact) mass is 275 g/mol. The summed E-state index contributed by atoms with van der Waals surface area (Å²) in [6.07, 6.45) is 1.85. The highest BCUT2D eigenvalue weighted by Crippen LogP contribution is 2.25. The molecule has 102 valence electrons. The van der Waals surface area contributed by atoms with Crippen molar-refractivity contribution < 1.29 is 0 Å². The minimum atomic E-state index is 0.259. The summed E-state index contributed by atoms with van der Waals surface area (Å²) < 4.78 is 0. The Labute approximate surface area is 119 Å². The van der Waals surface area contributed by atoms with Gasteiger partial charge in [0.1, 0.15) is 5.01 Å². The summed E-state index contributed by atoms with van der Waals surface area (Å²) in [7, 11) is 0. The third kappa shape index (κ3) is 3.19. The molecule has 2 rings (SSSR count). The molecule has 3 nitrogen and oxygen atoms in total. The quantitative estimate of drug-likeness (QED) is 0.920. The Kier molecular flexibility index (Phi) is 4.32. The Morgan fingerprint density at radius 2 is 1.89 bits per heavy atom. The molecule has 2 aromatic heterocycles. The Morgan fingerprint density at radius 3 is 2.47 bits per heavy atom. The van der Waals surface area contributed by atoms with Crippen molar-refractivity contribution in [3.8, 4) is 0 Å². The molecule has 2 unspecified atom stereocenters. The number of thiazole rings is 1. The first-order valence-electron chi connectivity index (χ1n) is 6.59. The number of nitrogens with zero attached hydrogens (tertiary/aromatic N) is 2. The molecule has 0 fully saturated rings. The maximum absolute atomic E-state index is 4.57. The highest BCUT2D eigenvalue weighted by atomic mass is 32.1. The number of aromatic nitrogens is 2. The fraction of sp³-hybridized carbons (Fsp3) is 0.467. The third-order valence-corrected chi connectivity index (χ3v) is 4.30. The van der Waals surface area contributed by atoms with Crippen LogP contribution in [0, 0.1) is 20.8 Å². The van der Waals surface area contributed by atoms with E-state index in [-0.39, 0.29) is 12.1 Å². The van der Waals surface area contributed by atoms with Crippen molar-refractivity contribution in [2.75, 3.05) is 0 Å². The molecule has 0 radical (unpaired) electrons. The topological polar surface area (TPSA) is 37.8 Å². The minimum absolute atomic E-state index is 0.259. The van der Waals surface area contributed by atoms with Crippen LogP contribution < -0.4 is 5.32 Å². The van der Waals surface area contributed by atoms with E-state index >= 15 is 0 Å². The predicted molar refractivity (Wildman–Crippen MR) is 80.5 cm³/mol. The van der Waals surface area contributed by atoms with Crippen LogP contribution in [0.4, 0.5) is 0 Å². The predicted octanol–water partition coefficient (Wildman–Crippen LogP) is 3.88. The Hall–Kier alpha value is -1.26. The lowest BCUT2D eigenvalue weighted by Crippen LogP contribution is -2.24. The zero-order valence-corrected chi connectivity index (χ0v) is 13.0. The first-order valence-corrected chi connectivity index (χ1v) is 7.47. The molecule has 4 heteroatoms. The van der Waals surface area contributed by atoms with Crippen molar-refractivity contribution in [2.24, 2.45) is 0 Å². The number of rotatable bonds is 4. The first-order chi connectivity index (χ1) is 8.99. The zero-order valence-electron chi connectivity index (χ0n) is 12.2. The van der Waals surface area contributed by atoms with Crippen LogP contribution in [0.3, 0.4) is 0 Å². The van der Waals surface area contributed by atoms with E-state index in [2.05, 4.69) is 49.0 Å². The van der Waals surface area contributed by atoms with Crippen molar-refractivity contribution in [3.63, 3.8) is 0 Å². The third-order valence-electron chi connectivity index (χ3n) is 3.34. The van der Waals surface area contributed by atoms with E-state index in [1.54, 1.807) is 11.3 Å². The summed E-state index contributed by atoms with van der Waals surface area (Å²) in [5.41, 5.74) is 4.80. The SMILES string of the molecule is Cc1cc(C)c(C(C)NC(C)c2nccs2)c(C)n1. The van der Waals surface area contributed by atoms with Gasteiger partial charge in [0, 0.05) is 29.0 Å². The fourth-order valence-electron chi connectivity index (χ4n) is 2.67. The standard InChI is InChI=1S/C15H21N3S/c1-9-8-10(2)17-11(3)14(9)12(4)18-13(5)15-16-6-7-19-15/h6-8,12-13,18H,1-5H3. The second kappa shape index (κ2) is 5.80. The number of hydrogen-bond donors (Lipinski definition) is 1. The van der Waals surface area contributed by atoms with Gasteiger partial charge in [-0.25, -0.2) is 4.98 Å². The summed E-state index contributed by atoms with van der Waals surface area (Å²) in [6.45, 7) is 10.6. The maximum Gasteiger partial charge on any atom is 0.109 e. The van der Waals surface area contributed by atoms with E-state index in [0.29, 0.717) is 0 Å². The zero-order chi connectivity index (χ0) is 14.0. The highest BCUT2D eigenvalue weighted by molar-refractivity contribution is 7.09. The van der Waals surface area contributed by atoms with Crippen LogP contribution in [0.25, 0.3) is 0 Å². The van der Waals surface area contributed by atoms with Gasteiger partial charge < -0.3 is 5.32 Å². The van der Waals surface area contributed by atoms with Crippen molar-refractivity contribution in [2.45, 2.75) is 46.7 Å². The van der Waals surface area contributed by atoms with Crippen LogP contribution in [0.5, 0.6) is 0 Å². The van der Waals surface area contributed by atoms with E-state index in [1.807, 2.05) is 18.5 Å². The molecule has 0 spiro atoms. The van der Waals surface area contributed by atoms with E-state index in [0.717, 1.165) is 16.4 Å². The molecular weight excluding hydrogens is 254 g/mol. The second-order valence-electron chi connectivity index (χ2n) is 5.06. The van der Waals surface area contributed by atoms with E-state index in [4.69, 9.17) is 0 Å². The first kappa shape index (κ1) is 14.2. The van der Waals surface area contributed by atoms with Gasteiger partial charge >= 0.3 is 0 Å². The Morgan fingerprint density at radius 1 is 1.16 bits per heavy atom. The summed E-state index contributed by atoms with van der Waals surface area (Å²) in [5.74, 6) is 0. The second-order valence-corrected chi connectivity index (χ2v) is 5.99. The van der Waals surface area contributed by atoms with Crippen LogP contribution >= 0.6 is 11.3 Å². The average Bonchev–Trinajstić information content (AvgIpc) is 2.80. The normalized spacial score (nSPS) is 14.4. The molecule has 0 bridgehead atoms. The molecule has 0 aromatic carbocycles. The number of aryl methyl sites for hydroxylation is 3. The molecule has 0 saturated carbocycles. The smallest absolute Gasteiger partial charge is 0.109 e. The van der Waals surface area contributed by atoms with Gasteiger partial charge in [0.2, 0.25) is 0 Å². The fourth-order valence-corrected chi connectivity index (χ4v) is 3.32. The highest BCUT2D eigenvalue weighted by Gasteiger charge is 2.17. The molecule has 0 saturated heterocycles. The van der Waals surface area contributed by atoms with Gasteiger partial charge in [0.05, 0.1) is 6.04 Å². The molecule has 0 aliphatic heterocycles. The molecule has 1 N–H and O–H groups in total. The van der Waals surface area contributed by atoms with Gasteiger partial charge in [-0.3, -0.25) is 4.98 Å². The number of hydrogen-bond acceptors (Lipinski definition) is 4.